The van der Waals surface area contributed by atoms with Crippen molar-refractivity contribution < 1.29 is 9.59 Å². The molecule has 0 atom stereocenters. The molecule has 0 radical (unpaired) electrons. The molecule has 0 aliphatic carbocycles. The highest BCUT2D eigenvalue weighted by Gasteiger charge is 2.45. The van der Waals surface area contributed by atoms with Gasteiger partial charge < -0.3 is 15.2 Å². The Labute approximate surface area is 150 Å². The van der Waals surface area contributed by atoms with Gasteiger partial charge in [0.1, 0.15) is 5.56 Å². The molecular formula is C19H20N4O3. The van der Waals surface area contributed by atoms with Crippen LogP contribution in [0.4, 0.5) is 0 Å². The number of aromatic amines is 1. The number of hydrogen-bond donors (Lipinski definition) is 2. The highest BCUT2D eigenvalue weighted by molar-refractivity contribution is 5.94. The summed E-state index contributed by atoms with van der Waals surface area (Å²) in [7, 11) is 0. The van der Waals surface area contributed by atoms with Crippen LogP contribution >= 0.6 is 0 Å². The first kappa shape index (κ1) is 16.5. The van der Waals surface area contributed by atoms with Crippen LogP contribution < -0.4 is 10.9 Å². The maximum Gasteiger partial charge on any atom is 0.261 e. The lowest BCUT2D eigenvalue weighted by Crippen LogP contribution is -2.47. The van der Waals surface area contributed by atoms with E-state index in [4.69, 9.17) is 0 Å². The van der Waals surface area contributed by atoms with Crippen molar-refractivity contribution in [3.63, 3.8) is 0 Å². The van der Waals surface area contributed by atoms with Gasteiger partial charge in [-0.1, -0.05) is 0 Å². The third-order valence-electron chi connectivity index (χ3n) is 5.51. The summed E-state index contributed by atoms with van der Waals surface area (Å²) in [4.78, 5) is 45.6. The number of aromatic nitrogens is 2. The number of amides is 2. The van der Waals surface area contributed by atoms with Gasteiger partial charge in [0.05, 0.1) is 5.41 Å². The Kier molecular flexibility index (Phi) is 4.06. The van der Waals surface area contributed by atoms with E-state index in [-0.39, 0.29) is 22.8 Å². The molecule has 134 valence electrons. The summed E-state index contributed by atoms with van der Waals surface area (Å²) >= 11 is 0. The van der Waals surface area contributed by atoms with Gasteiger partial charge in [-0.3, -0.25) is 19.4 Å². The zero-order valence-corrected chi connectivity index (χ0v) is 14.3. The van der Waals surface area contributed by atoms with Crippen LogP contribution in [0.3, 0.4) is 0 Å². The van der Waals surface area contributed by atoms with E-state index >= 15 is 0 Å². The lowest BCUT2D eigenvalue weighted by molar-refractivity contribution is -0.129. The molecule has 7 nitrogen and oxygen atoms in total. The monoisotopic (exact) mass is 352 g/mol. The van der Waals surface area contributed by atoms with Crippen molar-refractivity contribution in [1.82, 2.24) is 20.2 Å². The van der Waals surface area contributed by atoms with Crippen LogP contribution in [0.15, 0.2) is 41.5 Å². The molecule has 2 aromatic rings. The molecule has 2 aromatic heterocycles. The lowest BCUT2D eigenvalue weighted by atomic mass is 9.77. The number of likely N-dealkylation sites (tertiary alicyclic amines) is 1. The van der Waals surface area contributed by atoms with Crippen molar-refractivity contribution >= 4 is 11.8 Å². The molecule has 0 bridgehead atoms. The topological polar surface area (TPSA) is 95.2 Å². The van der Waals surface area contributed by atoms with Crippen molar-refractivity contribution in [3.8, 4) is 11.3 Å². The van der Waals surface area contributed by atoms with Gasteiger partial charge >= 0.3 is 0 Å². The number of pyridine rings is 2. The summed E-state index contributed by atoms with van der Waals surface area (Å²) in [5.41, 5.74) is 0.893. The van der Waals surface area contributed by atoms with Crippen LogP contribution in [-0.2, 0) is 4.79 Å². The van der Waals surface area contributed by atoms with Gasteiger partial charge in [-0.2, -0.15) is 0 Å². The largest absolute Gasteiger partial charge is 0.356 e. The van der Waals surface area contributed by atoms with Crippen LogP contribution in [-0.4, -0.2) is 46.3 Å². The fraction of sp³-hybridized carbons (Fsp3) is 0.368. The van der Waals surface area contributed by atoms with Crippen LogP contribution in [0.1, 0.15) is 29.6 Å². The van der Waals surface area contributed by atoms with Crippen LogP contribution in [0.5, 0.6) is 0 Å². The molecule has 2 N–H and O–H groups in total. The predicted molar refractivity (Wildman–Crippen MR) is 95.5 cm³/mol. The number of nitrogens with zero attached hydrogens (tertiary/aromatic N) is 2. The van der Waals surface area contributed by atoms with E-state index in [2.05, 4.69) is 15.3 Å². The molecule has 4 heterocycles. The first-order valence-electron chi connectivity index (χ1n) is 8.80. The average molecular weight is 352 g/mol. The number of nitrogens with one attached hydrogen (secondary N) is 2. The first-order valence-corrected chi connectivity index (χ1v) is 8.80. The van der Waals surface area contributed by atoms with E-state index in [1.54, 1.807) is 41.6 Å². The van der Waals surface area contributed by atoms with Crippen molar-refractivity contribution in [2.75, 3.05) is 19.6 Å². The normalized spacial score (nSPS) is 18.8. The number of carbonyl (C=O) groups excluding carboxylic acids is 2. The first-order chi connectivity index (χ1) is 12.6. The summed E-state index contributed by atoms with van der Waals surface area (Å²) in [5, 5.41) is 2.88. The van der Waals surface area contributed by atoms with E-state index in [0.29, 0.717) is 38.2 Å². The second kappa shape index (κ2) is 6.40. The minimum Gasteiger partial charge on any atom is -0.356 e. The molecular weight excluding hydrogens is 332 g/mol. The maximum absolute atomic E-state index is 12.7. The molecule has 26 heavy (non-hydrogen) atoms. The molecule has 0 unspecified atom stereocenters. The molecule has 0 saturated carbocycles. The Balaban J connectivity index is 1.51. The zero-order valence-electron chi connectivity index (χ0n) is 14.3. The second-order valence-corrected chi connectivity index (χ2v) is 6.93. The molecule has 2 aliphatic rings. The number of carbonyl (C=O) groups is 2. The van der Waals surface area contributed by atoms with Crippen molar-refractivity contribution in [1.29, 1.82) is 0 Å². The smallest absolute Gasteiger partial charge is 0.261 e. The van der Waals surface area contributed by atoms with E-state index in [1.807, 2.05) is 0 Å². The zero-order chi connectivity index (χ0) is 18.1. The fourth-order valence-corrected chi connectivity index (χ4v) is 3.84. The molecule has 2 fully saturated rings. The Morgan fingerprint density at radius 1 is 1.04 bits per heavy atom. The van der Waals surface area contributed by atoms with Crippen LogP contribution in [0.2, 0.25) is 0 Å². The predicted octanol–water partition coefficient (Wildman–Crippen LogP) is 1.18. The van der Waals surface area contributed by atoms with Gasteiger partial charge in [-0.15, -0.1) is 0 Å². The molecule has 2 saturated heterocycles. The Morgan fingerprint density at radius 2 is 1.77 bits per heavy atom. The van der Waals surface area contributed by atoms with Gasteiger partial charge in [0, 0.05) is 43.3 Å². The van der Waals surface area contributed by atoms with Crippen molar-refractivity contribution in [2.45, 2.75) is 19.3 Å². The highest BCUT2D eigenvalue weighted by atomic mass is 16.2. The quantitative estimate of drug-likeness (QED) is 0.848. The van der Waals surface area contributed by atoms with Crippen LogP contribution in [0.25, 0.3) is 11.3 Å². The SMILES string of the molecule is O=C(c1ccc(-c2ccncc2)[nH]c1=O)N1CCC2(CCNC2=O)CC1. The minimum atomic E-state index is -0.400. The summed E-state index contributed by atoms with van der Waals surface area (Å²) in [6, 6.07) is 6.90. The van der Waals surface area contributed by atoms with Gasteiger partial charge in [-0.05, 0) is 43.5 Å². The Hall–Kier alpha value is -2.96. The lowest BCUT2D eigenvalue weighted by Gasteiger charge is -2.37. The number of rotatable bonds is 2. The number of hydrogen-bond acceptors (Lipinski definition) is 4. The molecule has 7 heteroatoms. The average Bonchev–Trinajstić information content (AvgIpc) is 3.02. The van der Waals surface area contributed by atoms with E-state index in [0.717, 1.165) is 12.0 Å². The molecule has 2 aliphatic heterocycles. The Morgan fingerprint density at radius 3 is 2.38 bits per heavy atom. The summed E-state index contributed by atoms with van der Waals surface area (Å²) in [6.45, 7) is 1.71. The van der Waals surface area contributed by atoms with Gasteiger partial charge in [0.15, 0.2) is 0 Å². The maximum atomic E-state index is 12.7. The molecule has 4 rings (SSSR count). The van der Waals surface area contributed by atoms with E-state index < -0.39 is 5.56 Å². The van der Waals surface area contributed by atoms with E-state index in [9.17, 15) is 14.4 Å². The number of piperidine rings is 1. The summed E-state index contributed by atoms with van der Waals surface area (Å²) in [5.74, 6) is -0.176. The molecule has 1 spiro atoms. The van der Waals surface area contributed by atoms with Crippen molar-refractivity contribution in [2.24, 2.45) is 5.41 Å². The van der Waals surface area contributed by atoms with Gasteiger partial charge in [0.2, 0.25) is 5.91 Å². The second-order valence-electron chi connectivity index (χ2n) is 6.93. The van der Waals surface area contributed by atoms with Gasteiger partial charge in [-0.25, -0.2) is 0 Å². The Bertz CT molecular complexity index is 899. The minimum absolute atomic E-state index is 0.101. The molecule has 2 amide bonds. The molecule has 0 aromatic carbocycles. The standard InChI is InChI=1S/C19H20N4O3/c24-16-14(1-2-15(22-16)13-3-8-20-9-4-13)17(25)23-11-6-19(7-12-23)5-10-21-18(19)26/h1-4,8-9H,5-7,10-12H2,(H,21,26)(H,22,24). The number of H-pyrrole nitrogens is 1. The van der Waals surface area contributed by atoms with Gasteiger partial charge in [0.25, 0.3) is 11.5 Å². The summed E-state index contributed by atoms with van der Waals surface area (Å²) in [6.07, 6.45) is 5.43. The third-order valence-corrected chi connectivity index (χ3v) is 5.51. The third kappa shape index (κ3) is 2.79. The highest BCUT2D eigenvalue weighted by Crippen LogP contribution is 2.38. The van der Waals surface area contributed by atoms with Crippen molar-refractivity contribution in [3.05, 3.63) is 52.6 Å². The summed E-state index contributed by atoms with van der Waals surface area (Å²) < 4.78 is 0. The fourth-order valence-electron chi connectivity index (χ4n) is 3.84. The van der Waals surface area contributed by atoms with E-state index in [1.165, 1.54) is 0 Å². The van der Waals surface area contributed by atoms with Crippen LogP contribution in [0, 0.1) is 5.41 Å².